The standard InChI is InChI=1S/C13H9BrIN3O3S/c1-21-10(19)5-9-12(20)17-13(22-9)18-16-6-7-3-2-4-8(14)11(7)15/h2-6H,1H3,(H,17,18,20)/b9-5+,16-6?. The number of hydrogen-bond acceptors (Lipinski definition) is 6. The molecule has 0 unspecified atom stereocenters. The normalized spacial score (nSPS) is 18.2. The summed E-state index contributed by atoms with van der Waals surface area (Å²) in [5, 5.41) is 10.7. The minimum Gasteiger partial charge on any atom is -0.466 e. The Labute approximate surface area is 152 Å². The van der Waals surface area contributed by atoms with Crippen LogP contribution in [0.15, 0.2) is 43.9 Å². The van der Waals surface area contributed by atoms with Crippen LogP contribution in [0.5, 0.6) is 0 Å². The van der Waals surface area contributed by atoms with E-state index < -0.39 is 11.9 Å². The minimum atomic E-state index is -0.592. The molecule has 114 valence electrons. The second kappa shape index (κ2) is 7.88. The van der Waals surface area contributed by atoms with Gasteiger partial charge in [-0.25, -0.2) is 4.79 Å². The van der Waals surface area contributed by atoms with Crippen molar-refractivity contribution in [3.8, 4) is 0 Å². The zero-order valence-electron chi connectivity index (χ0n) is 11.2. The van der Waals surface area contributed by atoms with Crippen molar-refractivity contribution in [2.45, 2.75) is 0 Å². The van der Waals surface area contributed by atoms with Gasteiger partial charge in [-0.3, -0.25) is 10.1 Å². The number of nitrogens with zero attached hydrogens (tertiary/aromatic N) is 2. The number of amidine groups is 1. The zero-order valence-corrected chi connectivity index (χ0v) is 15.7. The predicted octanol–water partition coefficient (Wildman–Crippen LogP) is 2.66. The first-order valence-corrected chi connectivity index (χ1v) is 8.54. The van der Waals surface area contributed by atoms with Crippen LogP contribution in [-0.2, 0) is 14.3 Å². The number of nitrogens with one attached hydrogen (secondary N) is 1. The van der Waals surface area contributed by atoms with Gasteiger partial charge >= 0.3 is 5.97 Å². The molecule has 1 fully saturated rings. The number of benzene rings is 1. The van der Waals surface area contributed by atoms with Crippen molar-refractivity contribution >= 4 is 73.5 Å². The lowest BCUT2D eigenvalue weighted by atomic mass is 10.2. The maximum atomic E-state index is 11.6. The number of ether oxygens (including phenoxy) is 1. The molecule has 1 amide bonds. The second-order valence-electron chi connectivity index (χ2n) is 3.88. The minimum absolute atomic E-state index is 0.220. The van der Waals surface area contributed by atoms with Crippen LogP contribution in [0.2, 0.25) is 0 Å². The van der Waals surface area contributed by atoms with E-state index in [9.17, 15) is 9.59 Å². The van der Waals surface area contributed by atoms with E-state index >= 15 is 0 Å². The third-order valence-corrected chi connectivity index (χ3v) is 5.93. The summed E-state index contributed by atoms with van der Waals surface area (Å²) in [6, 6.07) is 5.73. The van der Waals surface area contributed by atoms with E-state index in [2.05, 4.69) is 58.8 Å². The lowest BCUT2D eigenvalue weighted by Crippen LogP contribution is -2.19. The fourth-order valence-electron chi connectivity index (χ4n) is 1.40. The van der Waals surface area contributed by atoms with E-state index in [4.69, 9.17) is 0 Å². The molecule has 0 radical (unpaired) electrons. The van der Waals surface area contributed by atoms with Crippen molar-refractivity contribution in [3.05, 3.63) is 42.8 Å². The largest absolute Gasteiger partial charge is 0.466 e. The Balaban J connectivity index is 2.10. The molecule has 1 heterocycles. The molecule has 2 rings (SSSR count). The molecule has 0 spiro atoms. The van der Waals surface area contributed by atoms with Crippen LogP contribution in [0.4, 0.5) is 0 Å². The van der Waals surface area contributed by atoms with E-state index in [1.54, 1.807) is 6.21 Å². The molecule has 9 heteroatoms. The van der Waals surface area contributed by atoms with E-state index in [1.807, 2.05) is 18.2 Å². The Morgan fingerprint density at radius 2 is 2.27 bits per heavy atom. The lowest BCUT2D eigenvalue weighted by Gasteiger charge is -1.98. The summed E-state index contributed by atoms with van der Waals surface area (Å²) < 4.78 is 6.46. The SMILES string of the molecule is COC(=O)/C=C1/S/C(=N\N=Cc2cccc(Br)c2I)NC1=O. The molecule has 22 heavy (non-hydrogen) atoms. The Hall–Kier alpha value is -1.20. The van der Waals surface area contributed by atoms with Gasteiger partial charge in [0.15, 0.2) is 5.17 Å². The molecule has 0 atom stereocenters. The third kappa shape index (κ3) is 4.40. The third-order valence-electron chi connectivity index (χ3n) is 2.43. The molecule has 0 bridgehead atoms. The number of carbonyl (C=O) groups excluding carboxylic acids is 2. The summed E-state index contributed by atoms with van der Waals surface area (Å²) in [5.41, 5.74) is 0.902. The highest BCUT2D eigenvalue weighted by Crippen LogP contribution is 2.24. The molecule has 6 nitrogen and oxygen atoms in total. The lowest BCUT2D eigenvalue weighted by molar-refractivity contribution is -0.135. The summed E-state index contributed by atoms with van der Waals surface area (Å²) in [5.74, 6) is -0.993. The molecule has 1 saturated heterocycles. The van der Waals surface area contributed by atoms with Gasteiger partial charge in [-0.1, -0.05) is 12.1 Å². The molecule has 0 aromatic heterocycles. The van der Waals surface area contributed by atoms with Crippen LogP contribution in [-0.4, -0.2) is 30.4 Å². The first-order valence-electron chi connectivity index (χ1n) is 5.85. The summed E-state index contributed by atoms with van der Waals surface area (Å²) in [7, 11) is 1.25. The monoisotopic (exact) mass is 493 g/mol. The summed E-state index contributed by atoms with van der Waals surface area (Å²) in [6.45, 7) is 0. The van der Waals surface area contributed by atoms with Gasteiger partial charge in [0.2, 0.25) is 0 Å². The first-order chi connectivity index (χ1) is 10.5. The van der Waals surface area contributed by atoms with Gasteiger partial charge in [-0.15, -0.1) is 5.10 Å². The second-order valence-corrected chi connectivity index (χ2v) is 6.84. The van der Waals surface area contributed by atoms with Gasteiger partial charge in [0.05, 0.1) is 18.2 Å². The number of rotatable bonds is 3. The van der Waals surface area contributed by atoms with Crippen LogP contribution >= 0.6 is 50.3 Å². The average molecular weight is 494 g/mol. The van der Waals surface area contributed by atoms with Gasteiger partial charge in [0.25, 0.3) is 5.91 Å². The maximum Gasteiger partial charge on any atom is 0.331 e. The van der Waals surface area contributed by atoms with Crippen molar-refractivity contribution in [2.75, 3.05) is 7.11 Å². The predicted molar refractivity (Wildman–Crippen MR) is 97.7 cm³/mol. The molecule has 0 aliphatic carbocycles. The van der Waals surface area contributed by atoms with Gasteiger partial charge in [-0.2, -0.15) is 5.10 Å². The molecule has 1 aromatic rings. The number of carbonyl (C=O) groups is 2. The topological polar surface area (TPSA) is 80.1 Å². The Bertz CT molecular complexity index is 718. The van der Waals surface area contributed by atoms with E-state index in [0.29, 0.717) is 5.17 Å². The number of esters is 1. The number of hydrogen-bond donors (Lipinski definition) is 1. The molecule has 0 saturated carbocycles. The number of methoxy groups -OCH3 is 1. The van der Waals surface area contributed by atoms with E-state index in [0.717, 1.165) is 31.4 Å². The van der Waals surface area contributed by atoms with Crippen LogP contribution in [0.1, 0.15) is 5.56 Å². The Morgan fingerprint density at radius 1 is 1.50 bits per heavy atom. The molecule has 1 N–H and O–H groups in total. The highest BCUT2D eigenvalue weighted by Gasteiger charge is 2.24. The van der Waals surface area contributed by atoms with Crippen LogP contribution < -0.4 is 5.32 Å². The van der Waals surface area contributed by atoms with Crippen molar-refractivity contribution in [1.82, 2.24) is 5.32 Å². The fourth-order valence-corrected chi connectivity index (χ4v) is 3.02. The summed E-state index contributed by atoms with van der Waals surface area (Å²) in [4.78, 5) is 23.0. The quantitative estimate of drug-likeness (QED) is 0.231. The average Bonchev–Trinajstić information content (AvgIpc) is 2.83. The highest BCUT2D eigenvalue weighted by atomic mass is 127. The fraction of sp³-hybridized carbons (Fsp3) is 0.0769. The maximum absolute atomic E-state index is 11.6. The Morgan fingerprint density at radius 3 is 3.00 bits per heavy atom. The van der Waals surface area contributed by atoms with Gasteiger partial charge in [0.1, 0.15) is 0 Å². The molecule has 1 aliphatic rings. The summed E-state index contributed by atoms with van der Waals surface area (Å²) >= 11 is 6.66. The van der Waals surface area contributed by atoms with Gasteiger partial charge in [-0.05, 0) is 56.3 Å². The van der Waals surface area contributed by atoms with Crippen LogP contribution in [0.3, 0.4) is 0 Å². The van der Waals surface area contributed by atoms with Crippen molar-refractivity contribution in [1.29, 1.82) is 0 Å². The molecule has 1 aliphatic heterocycles. The molecule has 1 aromatic carbocycles. The van der Waals surface area contributed by atoms with Crippen LogP contribution in [0.25, 0.3) is 0 Å². The molecular formula is C13H9BrIN3O3S. The number of halogens is 2. The number of thioether (sulfide) groups is 1. The first kappa shape index (κ1) is 17.2. The van der Waals surface area contributed by atoms with Crippen molar-refractivity contribution in [2.24, 2.45) is 10.2 Å². The highest BCUT2D eigenvalue weighted by molar-refractivity contribution is 14.1. The smallest absolute Gasteiger partial charge is 0.331 e. The van der Waals surface area contributed by atoms with Crippen LogP contribution in [0, 0.1) is 3.57 Å². The molecular weight excluding hydrogens is 485 g/mol. The Kier molecular flexibility index (Phi) is 6.15. The van der Waals surface area contributed by atoms with Gasteiger partial charge in [0, 0.05) is 19.7 Å². The van der Waals surface area contributed by atoms with Gasteiger partial charge < -0.3 is 4.74 Å². The zero-order chi connectivity index (χ0) is 16.1. The number of amides is 1. The van der Waals surface area contributed by atoms with Crippen molar-refractivity contribution < 1.29 is 14.3 Å². The summed E-state index contributed by atoms with van der Waals surface area (Å²) in [6.07, 6.45) is 2.71. The van der Waals surface area contributed by atoms with Crippen molar-refractivity contribution in [3.63, 3.8) is 0 Å². The van der Waals surface area contributed by atoms with E-state index in [-0.39, 0.29) is 4.91 Å². The van der Waals surface area contributed by atoms with E-state index in [1.165, 1.54) is 7.11 Å².